The van der Waals surface area contributed by atoms with Gasteiger partial charge in [0.05, 0.1) is 0 Å². The van der Waals surface area contributed by atoms with Crippen LogP contribution in [0.3, 0.4) is 0 Å². The average molecular weight is 343 g/mol. The average Bonchev–Trinajstić information content (AvgIpc) is 2.65. The number of para-hydroxylation sites is 1. The third kappa shape index (κ3) is 4.14. The molecule has 1 aromatic carbocycles. The molecule has 3 rings (SSSR count). The van der Waals surface area contributed by atoms with Crippen LogP contribution in [0.4, 0.5) is 10.5 Å². The monoisotopic (exact) mass is 343 g/mol. The molecule has 1 heterocycles. The van der Waals surface area contributed by atoms with E-state index in [2.05, 4.69) is 5.32 Å². The number of hydrogen-bond acceptors (Lipinski definition) is 2. The van der Waals surface area contributed by atoms with Crippen LogP contribution in [0.5, 0.6) is 0 Å². The molecule has 0 spiro atoms. The Morgan fingerprint density at radius 3 is 2.08 bits per heavy atom. The van der Waals surface area contributed by atoms with Crippen molar-refractivity contribution in [2.24, 2.45) is 5.92 Å². The summed E-state index contributed by atoms with van der Waals surface area (Å²) < 4.78 is 0. The summed E-state index contributed by atoms with van der Waals surface area (Å²) in [6, 6.07) is 5.94. The normalized spacial score (nSPS) is 19.0. The Balaban J connectivity index is 1.53. The highest BCUT2D eigenvalue weighted by Gasteiger charge is 2.29. The van der Waals surface area contributed by atoms with Crippen molar-refractivity contribution in [2.45, 2.75) is 46.0 Å². The van der Waals surface area contributed by atoms with Gasteiger partial charge in [-0.25, -0.2) is 4.79 Å². The lowest BCUT2D eigenvalue weighted by atomic mass is 9.88. The molecule has 0 atom stereocenters. The molecular weight excluding hydrogens is 314 g/mol. The Labute approximate surface area is 150 Å². The third-order valence-electron chi connectivity index (χ3n) is 5.55. The van der Waals surface area contributed by atoms with Gasteiger partial charge in [0.15, 0.2) is 0 Å². The highest BCUT2D eigenvalue weighted by atomic mass is 16.2. The number of rotatable bonds is 2. The van der Waals surface area contributed by atoms with Crippen LogP contribution in [-0.4, -0.2) is 47.9 Å². The standard InChI is InChI=1S/C20H29N3O2/c1-15-7-6-8-16(2)18(15)21-20(25)23-13-11-22(12-14-23)19(24)17-9-4-3-5-10-17/h6-8,17H,3-5,9-14H2,1-2H3,(H,21,25). The molecule has 1 saturated heterocycles. The van der Waals surface area contributed by atoms with E-state index in [4.69, 9.17) is 0 Å². The van der Waals surface area contributed by atoms with Crippen LogP contribution in [0.25, 0.3) is 0 Å². The van der Waals surface area contributed by atoms with Gasteiger partial charge in [0, 0.05) is 37.8 Å². The highest BCUT2D eigenvalue weighted by molar-refractivity contribution is 5.91. The van der Waals surface area contributed by atoms with E-state index < -0.39 is 0 Å². The second-order valence-electron chi connectivity index (χ2n) is 7.34. The molecule has 1 saturated carbocycles. The van der Waals surface area contributed by atoms with E-state index in [0.717, 1.165) is 29.7 Å². The zero-order valence-electron chi connectivity index (χ0n) is 15.4. The summed E-state index contributed by atoms with van der Waals surface area (Å²) >= 11 is 0. The molecule has 1 aliphatic heterocycles. The van der Waals surface area contributed by atoms with Crippen molar-refractivity contribution in [3.63, 3.8) is 0 Å². The van der Waals surface area contributed by atoms with Gasteiger partial charge in [0.2, 0.25) is 5.91 Å². The Morgan fingerprint density at radius 1 is 0.920 bits per heavy atom. The maximum absolute atomic E-state index is 12.6. The number of anilines is 1. The van der Waals surface area contributed by atoms with Crippen LogP contribution in [0.1, 0.15) is 43.2 Å². The van der Waals surface area contributed by atoms with Gasteiger partial charge >= 0.3 is 6.03 Å². The minimum absolute atomic E-state index is 0.0674. The molecule has 0 radical (unpaired) electrons. The number of amides is 3. The van der Waals surface area contributed by atoms with Crippen LogP contribution in [0.2, 0.25) is 0 Å². The fraction of sp³-hybridized carbons (Fsp3) is 0.600. The summed E-state index contributed by atoms with van der Waals surface area (Å²) in [5, 5.41) is 3.04. The molecule has 1 aromatic rings. The first-order chi connectivity index (χ1) is 12.1. The van der Waals surface area contributed by atoms with Crippen LogP contribution in [-0.2, 0) is 4.79 Å². The fourth-order valence-electron chi connectivity index (χ4n) is 3.94. The zero-order chi connectivity index (χ0) is 17.8. The van der Waals surface area contributed by atoms with Crippen molar-refractivity contribution in [1.82, 2.24) is 9.80 Å². The quantitative estimate of drug-likeness (QED) is 0.893. The van der Waals surface area contributed by atoms with E-state index in [0.29, 0.717) is 32.1 Å². The predicted octanol–water partition coefficient (Wildman–Crippen LogP) is 3.56. The summed E-state index contributed by atoms with van der Waals surface area (Å²) in [7, 11) is 0. The molecule has 3 amide bonds. The molecular formula is C20H29N3O2. The second kappa shape index (κ2) is 7.89. The van der Waals surface area contributed by atoms with Gasteiger partial charge in [-0.3, -0.25) is 4.79 Å². The van der Waals surface area contributed by atoms with Gasteiger partial charge in [0.25, 0.3) is 0 Å². The minimum atomic E-state index is -0.0674. The van der Waals surface area contributed by atoms with E-state index >= 15 is 0 Å². The Hall–Kier alpha value is -2.04. The second-order valence-corrected chi connectivity index (χ2v) is 7.34. The van der Waals surface area contributed by atoms with Gasteiger partial charge in [-0.1, -0.05) is 37.5 Å². The van der Waals surface area contributed by atoms with Crippen LogP contribution < -0.4 is 5.32 Å². The predicted molar refractivity (Wildman–Crippen MR) is 99.7 cm³/mol. The van der Waals surface area contributed by atoms with Crippen molar-refractivity contribution >= 4 is 17.6 Å². The minimum Gasteiger partial charge on any atom is -0.339 e. The maximum atomic E-state index is 12.6. The molecule has 0 aromatic heterocycles. The molecule has 0 bridgehead atoms. The van der Waals surface area contributed by atoms with Gasteiger partial charge in [-0.05, 0) is 37.8 Å². The Morgan fingerprint density at radius 2 is 1.48 bits per heavy atom. The van der Waals surface area contributed by atoms with E-state index in [1.165, 1.54) is 19.3 Å². The number of nitrogens with one attached hydrogen (secondary N) is 1. The maximum Gasteiger partial charge on any atom is 0.321 e. The molecule has 1 N–H and O–H groups in total. The molecule has 5 nitrogen and oxygen atoms in total. The van der Waals surface area contributed by atoms with Crippen molar-refractivity contribution < 1.29 is 9.59 Å². The number of nitrogens with zero attached hydrogens (tertiary/aromatic N) is 2. The van der Waals surface area contributed by atoms with Gasteiger partial charge < -0.3 is 15.1 Å². The van der Waals surface area contributed by atoms with Crippen LogP contribution in [0, 0.1) is 19.8 Å². The zero-order valence-corrected chi connectivity index (χ0v) is 15.4. The van der Waals surface area contributed by atoms with Crippen molar-refractivity contribution in [2.75, 3.05) is 31.5 Å². The fourth-order valence-corrected chi connectivity index (χ4v) is 3.94. The van der Waals surface area contributed by atoms with Crippen LogP contribution in [0.15, 0.2) is 18.2 Å². The SMILES string of the molecule is Cc1cccc(C)c1NC(=O)N1CCN(C(=O)C2CCCCC2)CC1. The number of carbonyl (C=O) groups is 2. The van der Waals surface area contributed by atoms with Crippen molar-refractivity contribution in [3.8, 4) is 0 Å². The third-order valence-corrected chi connectivity index (χ3v) is 5.55. The van der Waals surface area contributed by atoms with Gasteiger partial charge in [0.1, 0.15) is 0 Å². The topological polar surface area (TPSA) is 52.7 Å². The van der Waals surface area contributed by atoms with Gasteiger partial charge in [-0.2, -0.15) is 0 Å². The number of carbonyl (C=O) groups excluding carboxylic acids is 2. The van der Waals surface area contributed by atoms with Crippen LogP contribution >= 0.6 is 0 Å². The van der Waals surface area contributed by atoms with E-state index in [-0.39, 0.29) is 11.9 Å². The Bertz CT molecular complexity index is 610. The van der Waals surface area contributed by atoms with Crippen molar-refractivity contribution in [3.05, 3.63) is 29.3 Å². The number of piperazine rings is 1. The molecule has 5 heteroatoms. The van der Waals surface area contributed by atoms with Gasteiger partial charge in [-0.15, -0.1) is 0 Å². The molecule has 25 heavy (non-hydrogen) atoms. The summed E-state index contributed by atoms with van der Waals surface area (Å²) in [6.07, 6.45) is 5.68. The Kier molecular flexibility index (Phi) is 5.61. The molecule has 2 fully saturated rings. The van der Waals surface area contributed by atoms with Crippen molar-refractivity contribution in [1.29, 1.82) is 0 Å². The molecule has 136 valence electrons. The molecule has 1 aliphatic carbocycles. The smallest absolute Gasteiger partial charge is 0.321 e. The number of benzene rings is 1. The van der Waals surface area contributed by atoms with E-state index in [9.17, 15) is 9.59 Å². The number of urea groups is 1. The summed E-state index contributed by atoms with van der Waals surface area (Å²) in [6.45, 7) is 6.52. The molecule has 2 aliphatic rings. The first-order valence-electron chi connectivity index (χ1n) is 9.47. The lowest BCUT2D eigenvalue weighted by molar-refractivity contribution is -0.137. The highest BCUT2D eigenvalue weighted by Crippen LogP contribution is 2.26. The largest absolute Gasteiger partial charge is 0.339 e. The number of hydrogen-bond donors (Lipinski definition) is 1. The summed E-state index contributed by atoms with van der Waals surface area (Å²) in [5.41, 5.74) is 3.03. The first kappa shape index (κ1) is 17.8. The summed E-state index contributed by atoms with van der Waals surface area (Å²) in [4.78, 5) is 29.0. The lowest BCUT2D eigenvalue weighted by Gasteiger charge is -2.37. The molecule has 0 unspecified atom stereocenters. The number of aryl methyl sites for hydroxylation is 2. The van der Waals surface area contributed by atoms with E-state index in [1.54, 1.807) is 0 Å². The first-order valence-corrected chi connectivity index (χ1v) is 9.47. The van der Waals surface area contributed by atoms with E-state index in [1.807, 2.05) is 41.8 Å². The lowest BCUT2D eigenvalue weighted by Crippen LogP contribution is -2.53. The summed E-state index contributed by atoms with van der Waals surface area (Å²) in [5.74, 6) is 0.512.